The Morgan fingerprint density at radius 1 is 1.30 bits per heavy atom. The number of para-hydroxylation sites is 1. The van der Waals surface area contributed by atoms with Gasteiger partial charge in [0.05, 0.1) is 12.3 Å². The van der Waals surface area contributed by atoms with Crippen molar-refractivity contribution in [3.05, 3.63) is 41.2 Å². The van der Waals surface area contributed by atoms with Crippen LogP contribution in [0.3, 0.4) is 0 Å². The number of hydrogen-bond acceptors (Lipinski definition) is 3. The summed E-state index contributed by atoms with van der Waals surface area (Å²) in [6.45, 7) is 7.78. The van der Waals surface area contributed by atoms with E-state index in [4.69, 9.17) is 4.74 Å². The number of methoxy groups -OCH3 is 1. The van der Waals surface area contributed by atoms with Crippen LogP contribution in [0.4, 0.5) is 11.6 Å². The van der Waals surface area contributed by atoms with Crippen molar-refractivity contribution in [3.63, 3.8) is 0 Å². The van der Waals surface area contributed by atoms with Crippen LogP contribution >= 0.6 is 0 Å². The summed E-state index contributed by atoms with van der Waals surface area (Å²) in [5.74, 6) is 0.878. The molecular formula is C16H23N3O. The van der Waals surface area contributed by atoms with Gasteiger partial charge in [-0.1, -0.05) is 25.1 Å². The molecule has 1 N–H and O–H groups in total. The molecule has 0 unspecified atom stereocenters. The molecule has 1 aromatic heterocycles. The van der Waals surface area contributed by atoms with Crippen LogP contribution in [0.2, 0.25) is 0 Å². The third-order valence-corrected chi connectivity index (χ3v) is 3.41. The van der Waals surface area contributed by atoms with Gasteiger partial charge in [-0.3, -0.25) is 0 Å². The zero-order valence-electron chi connectivity index (χ0n) is 12.7. The lowest BCUT2D eigenvalue weighted by molar-refractivity contribution is 0.188. The molecule has 0 aliphatic carbocycles. The van der Waals surface area contributed by atoms with Gasteiger partial charge in [-0.15, -0.1) is 0 Å². The fourth-order valence-corrected chi connectivity index (χ4v) is 2.32. The van der Waals surface area contributed by atoms with E-state index < -0.39 is 0 Å². The van der Waals surface area contributed by atoms with E-state index in [2.05, 4.69) is 46.9 Å². The third kappa shape index (κ3) is 3.20. The Hall–Kier alpha value is -1.81. The van der Waals surface area contributed by atoms with E-state index in [0.29, 0.717) is 6.61 Å². The summed E-state index contributed by atoms with van der Waals surface area (Å²) in [5, 5.41) is 3.49. The largest absolute Gasteiger partial charge is 0.383 e. The number of benzene rings is 1. The van der Waals surface area contributed by atoms with Crippen molar-refractivity contribution < 1.29 is 4.74 Å². The van der Waals surface area contributed by atoms with Crippen LogP contribution in [0.1, 0.15) is 23.7 Å². The maximum Gasteiger partial charge on any atom is 0.207 e. The first-order valence-corrected chi connectivity index (χ1v) is 7.04. The van der Waals surface area contributed by atoms with Gasteiger partial charge in [0.25, 0.3) is 0 Å². The summed E-state index contributed by atoms with van der Waals surface area (Å²) >= 11 is 0. The predicted octanol–water partition coefficient (Wildman–Crippen LogP) is 3.45. The van der Waals surface area contributed by atoms with Crippen LogP contribution in [0, 0.1) is 13.8 Å². The van der Waals surface area contributed by atoms with Crippen LogP contribution in [0.5, 0.6) is 0 Å². The van der Waals surface area contributed by atoms with E-state index in [1.807, 2.05) is 13.1 Å². The van der Waals surface area contributed by atoms with Gasteiger partial charge < -0.3 is 14.6 Å². The molecule has 0 bridgehead atoms. The molecule has 0 amide bonds. The Bertz CT molecular complexity index is 575. The van der Waals surface area contributed by atoms with Gasteiger partial charge >= 0.3 is 0 Å². The molecule has 2 aromatic rings. The minimum atomic E-state index is 0.679. The summed E-state index contributed by atoms with van der Waals surface area (Å²) in [7, 11) is 1.72. The van der Waals surface area contributed by atoms with E-state index in [1.54, 1.807) is 7.11 Å². The molecular weight excluding hydrogens is 250 g/mol. The fourth-order valence-electron chi connectivity index (χ4n) is 2.32. The first-order chi connectivity index (χ1) is 9.65. The first kappa shape index (κ1) is 14.6. The van der Waals surface area contributed by atoms with Crippen LogP contribution in [-0.4, -0.2) is 23.3 Å². The summed E-state index contributed by atoms with van der Waals surface area (Å²) in [6, 6.07) is 6.38. The molecule has 0 saturated carbocycles. The minimum Gasteiger partial charge on any atom is -0.383 e. The first-order valence-electron chi connectivity index (χ1n) is 7.04. The number of ether oxygens (including phenoxy) is 1. The second kappa shape index (κ2) is 6.57. The second-order valence-electron chi connectivity index (χ2n) is 4.98. The van der Waals surface area contributed by atoms with Crippen molar-refractivity contribution in [3.8, 4) is 0 Å². The monoisotopic (exact) mass is 273 g/mol. The number of hydrogen-bond donors (Lipinski definition) is 1. The molecule has 1 aromatic carbocycles. The molecule has 0 radical (unpaired) electrons. The highest BCUT2D eigenvalue weighted by Crippen LogP contribution is 2.25. The molecule has 0 atom stereocenters. The minimum absolute atomic E-state index is 0.679. The van der Waals surface area contributed by atoms with E-state index in [1.165, 1.54) is 16.8 Å². The molecule has 4 heteroatoms. The van der Waals surface area contributed by atoms with Crippen molar-refractivity contribution in [2.75, 3.05) is 19.0 Å². The fraction of sp³-hybridized carbons (Fsp3) is 0.438. The third-order valence-electron chi connectivity index (χ3n) is 3.41. The van der Waals surface area contributed by atoms with Gasteiger partial charge in [0.1, 0.15) is 0 Å². The van der Waals surface area contributed by atoms with Crippen LogP contribution in [0.15, 0.2) is 24.4 Å². The molecule has 0 saturated heterocycles. The highest BCUT2D eigenvalue weighted by molar-refractivity contribution is 5.63. The van der Waals surface area contributed by atoms with E-state index in [-0.39, 0.29) is 0 Å². The van der Waals surface area contributed by atoms with Gasteiger partial charge in [0.15, 0.2) is 0 Å². The zero-order chi connectivity index (χ0) is 14.5. The quantitative estimate of drug-likeness (QED) is 0.876. The Morgan fingerprint density at radius 3 is 2.80 bits per heavy atom. The molecule has 20 heavy (non-hydrogen) atoms. The molecule has 0 spiro atoms. The lowest BCUT2D eigenvalue weighted by atomic mass is 10.1. The maximum absolute atomic E-state index is 5.15. The SMILES string of the molecule is CCc1cccc(C)c1Nc1nc(C)cn1CCOC. The lowest BCUT2D eigenvalue weighted by Crippen LogP contribution is -2.08. The number of aryl methyl sites for hydroxylation is 3. The maximum atomic E-state index is 5.15. The number of aromatic nitrogens is 2. The van der Waals surface area contributed by atoms with E-state index in [0.717, 1.165) is 24.6 Å². The summed E-state index contributed by atoms with van der Waals surface area (Å²) in [4.78, 5) is 4.57. The van der Waals surface area contributed by atoms with Crippen molar-refractivity contribution in [1.82, 2.24) is 9.55 Å². The van der Waals surface area contributed by atoms with E-state index in [9.17, 15) is 0 Å². The number of nitrogens with one attached hydrogen (secondary N) is 1. The number of rotatable bonds is 6. The molecule has 0 aliphatic heterocycles. The van der Waals surface area contributed by atoms with Crippen LogP contribution < -0.4 is 5.32 Å². The average Bonchev–Trinajstić information content (AvgIpc) is 2.78. The lowest BCUT2D eigenvalue weighted by Gasteiger charge is -2.14. The Balaban J connectivity index is 2.30. The molecule has 1 heterocycles. The number of nitrogens with zero attached hydrogens (tertiary/aromatic N) is 2. The van der Waals surface area contributed by atoms with Gasteiger partial charge in [-0.05, 0) is 31.4 Å². The zero-order valence-corrected chi connectivity index (χ0v) is 12.7. The van der Waals surface area contributed by atoms with Gasteiger partial charge in [-0.2, -0.15) is 0 Å². The molecule has 0 aliphatic rings. The smallest absolute Gasteiger partial charge is 0.207 e. The highest BCUT2D eigenvalue weighted by atomic mass is 16.5. The predicted molar refractivity (Wildman–Crippen MR) is 82.7 cm³/mol. The summed E-state index contributed by atoms with van der Waals surface area (Å²) in [6.07, 6.45) is 3.05. The average molecular weight is 273 g/mol. The summed E-state index contributed by atoms with van der Waals surface area (Å²) in [5.41, 5.74) is 4.72. The van der Waals surface area contributed by atoms with E-state index >= 15 is 0 Å². The molecule has 2 rings (SSSR count). The summed E-state index contributed by atoms with van der Waals surface area (Å²) < 4.78 is 7.25. The van der Waals surface area contributed by atoms with Crippen LogP contribution in [0.25, 0.3) is 0 Å². The Labute approximate surface area is 120 Å². The highest BCUT2D eigenvalue weighted by Gasteiger charge is 2.10. The van der Waals surface area contributed by atoms with Crippen molar-refractivity contribution in [2.24, 2.45) is 0 Å². The Kier molecular flexibility index (Phi) is 4.79. The number of imidazole rings is 1. The van der Waals surface area contributed by atoms with Crippen molar-refractivity contribution >= 4 is 11.6 Å². The van der Waals surface area contributed by atoms with Crippen molar-refractivity contribution in [2.45, 2.75) is 33.7 Å². The Morgan fingerprint density at radius 2 is 2.10 bits per heavy atom. The van der Waals surface area contributed by atoms with Gasteiger partial charge in [0, 0.05) is 25.5 Å². The van der Waals surface area contributed by atoms with Crippen molar-refractivity contribution in [1.29, 1.82) is 0 Å². The molecule has 4 nitrogen and oxygen atoms in total. The van der Waals surface area contributed by atoms with Gasteiger partial charge in [0.2, 0.25) is 5.95 Å². The topological polar surface area (TPSA) is 39.1 Å². The molecule has 0 fully saturated rings. The number of anilines is 2. The van der Waals surface area contributed by atoms with Crippen LogP contribution in [-0.2, 0) is 17.7 Å². The normalized spacial score (nSPS) is 10.8. The van der Waals surface area contributed by atoms with Gasteiger partial charge in [-0.25, -0.2) is 4.98 Å². The standard InChI is InChI=1S/C16H23N3O/c1-5-14-8-6-7-12(2)15(14)18-16-17-13(3)11-19(16)9-10-20-4/h6-8,11H,5,9-10H2,1-4H3,(H,17,18). The molecule has 108 valence electrons. The second-order valence-corrected chi connectivity index (χ2v) is 4.98.